The van der Waals surface area contributed by atoms with Gasteiger partial charge in [-0.2, -0.15) is 0 Å². The molecule has 1 aliphatic heterocycles. The van der Waals surface area contributed by atoms with Gasteiger partial charge in [0, 0.05) is 24.7 Å². The molecule has 0 spiro atoms. The average molecular weight is 325 g/mol. The van der Waals surface area contributed by atoms with Crippen LogP contribution >= 0.6 is 0 Å². The maximum atomic E-state index is 12.5. The summed E-state index contributed by atoms with van der Waals surface area (Å²) in [4.78, 5) is 16.6. The quantitative estimate of drug-likeness (QED) is 0.894. The van der Waals surface area contributed by atoms with E-state index in [0.717, 1.165) is 32.4 Å². The molecule has 2 N–H and O–H groups in total. The maximum absolute atomic E-state index is 12.5. The summed E-state index contributed by atoms with van der Waals surface area (Å²) in [7, 11) is 0.404. The van der Waals surface area contributed by atoms with Crippen molar-refractivity contribution < 1.29 is 13.2 Å². The largest absolute Gasteiger partial charge is 0.339 e. The van der Waals surface area contributed by atoms with Crippen LogP contribution < -0.4 is 5.14 Å². The molecule has 1 aromatic rings. The van der Waals surface area contributed by atoms with Crippen molar-refractivity contribution in [2.24, 2.45) is 5.14 Å². The Kier molecular flexibility index (Phi) is 5.20. The molecule has 1 aliphatic rings. The molecule has 1 saturated heterocycles. The Morgan fingerprint density at radius 1 is 1.18 bits per heavy atom. The summed E-state index contributed by atoms with van der Waals surface area (Å²) in [5.74, 6) is -0.0552. The summed E-state index contributed by atoms with van der Waals surface area (Å²) in [6, 6.07) is 6.31. The van der Waals surface area contributed by atoms with E-state index in [1.165, 1.54) is 24.3 Å². The van der Waals surface area contributed by atoms with E-state index in [1.807, 2.05) is 4.90 Å². The first-order valence-corrected chi connectivity index (χ1v) is 8.92. The van der Waals surface area contributed by atoms with E-state index in [0.29, 0.717) is 11.6 Å². The summed E-state index contributed by atoms with van der Waals surface area (Å²) >= 11 is 0. The van der Waals surface area contributed by atoms with Crippen LogP contribution in [0.3, 0.4) is 0 Å². The Hall–Kier alpha value is -1.44. The molecular weight excluding hydrogens is 302 g/mol. The van der Waals surface area contributed by atoms with Crippen molar-refractivity contribution in [1.82, 2.24) is 9.80 Å². The van der Waals surface area contributed by atoms with Crippen LogP contribution in [0.25, 0.3) is 0 Å². The van der Waals surface area contributed by atoms with E-state index in [-0.39, 0.29) is 10.8 Å². The van der Waals surface area contributed by atoms with Crippen LogP contribution in [0.4, 0.5) is 0 Å². The van der Waals surface area contributed by atoms with Crippen LogP contribution in [0, 0.1) is 0 Å². The van der Waals surface area contributed by atoms with Crippen molar-refractivity contribution in [3.8, 4) is 0 Å². The first kappa shape index (κ1) is 16.9. The third kappa shape index (κ3) is 4.06. The number of hydrogen-bond acceptors (Lipinski definition) is 4. The van der Waals surface area contributed by atoms with Crippen molar-refractivity contribution in [3.05, 3.63) is 29.8 Å². The predicted molar refractivity (Wildman–Crippen MR) is 85.0 cm³/mol. The maximum Gasteiger partial charge on any atom is 0.253 e. The van der Waals surface area contributed by atoms with Gasteiger partial charge < -0.3 is 9.80 Å². The molecule has 0 aromatic heterocycles. The number of carbonyl (C=O) groups is 1. The van der Waals surface area contributed by atoms with E-state index in [2.05, 4.69) is 19.0 Å². The van der Waals surface area contributed by atoms with Gasteiger partial charge in [0.05, 0.1) is 4.90 Å². The smallest absolute Gasteiger partial charge is 0.253 e. The van der Waals surface area contributed by atoms with E-state index < -0.39 is 10.0 Å². The number of likely N-dealkylation sites (tertiary alicyclic amines) is 1. The number of rotatable bonds is 3. The number of benzene rings is 1. The van der Waals surface area contributed by atoms with Crippen LogP contribution in [0.2, 0.25) is 0 Å². The Morgan fingerprint density at radius 2 is 1.82 bits per heavy atom. The van der Waals surface area contributed by atoms with Crippen LogP contribution in [0.15, 0.2) is 29.2 Å². The first-order chi connectivity index (χ1) is 10.3. The molecule has 0 radical (unpaired) electrons. The predicted octanol–water partition coefficient (Wildman–Crippen LogP) is 0.890. The molecule has 0 saturated carbocycles. The van der Waals surface area contributed by atoms with Gasteiger partial charge in [-0.3, -0.25) is 4.79 Å². The molecule has 1 fully saturated rings. The fraction of sp³-hybridized carbons (Fsp3) is 0.533. The lowest BCUT2D eigenvalue weighted by Gasteiger charge is -2.23. The highest BCUT2D eigenvalue weighted by Crippen LogP contribution is 2.17. The van der Waals surface area contributed by atoms with Gasteiger partial charge in [0.1, 0.15) is 0 Å². The number of sulfonamides is 1. The topological polar surface area (TPSA) is 83.7 Å². The summed E-state index contributed by atoms with van der Waals surface area (Å²) < 4.78 is 22.5. The monoisotopic (exact) mass is 325 g/mol. The highest BCUT2D eigenvalue weighted by molar-refractivity contribution is 7.89. The minimum Gasteiger partial charge on any atom is -0.339 e. The number of hydrogen-bond donors (Lipinski definition) is 1. The third-order valence-electron chi connectivity index (χ3n) is 4.14. The van der Waals surface area contributed by atoms with Gasteiger partial charge in [-0.15, -0.1) is 0 Å². The summed E-state index contributed by atoms with van der Waals surface area (Å²) in [5, 5.41) is 5.06. The second kappa shape index (κ2) is 6.76. The molecule has 1 aromatic carbocycles. The zero-order chi connectivity index (χ0) is 16.3. The first-order valence-electron chi connectivity index (χ1n) is 7.37. The molecule has 1 atom stereocenters. The van der Waals surface area contributed by atoms with Crippen LogP contribution in [0.5, 0.6) is 0 Å². The normalized spacial score (nSPS) is 20.0. The van der Waals surface area contributed by atoms with Crippen molar-refractivity contribution >= 4 is 15.9 Å². The average Bonchev–Trinajstić information content (AvgIpc) is 2.71. The lowest BCUT2D eigenvalue weighted by molar-refractivity contribution is 0.0758. The Bertz CT molecular complexity index is 626. The van der Waals surface area contributed by atoms with Crippen molar-refractivity contribution in [2.45, 2.75) is 30.2 Å². The molecule has 0 bridgehead atoms. The third-order valence-corrected chi connectivity index (χ3v) is 5.07. The molecule has 1 heterocycles. The molecular formula is C15H23N3O3S. The second-order valence-electron chi connectivity index (χ2n) is 5.91. The Labute approximate surface area is 131 Å². The van der Waals surface area contributed by atoms with Gasteiger partial charge in [0.25, 0.3) is 5.91 Å². The molecule has 2 rings (SSSR count). The van der Waals surface area contributed by atoms with Gasteiger partial charge in [-0.05, 0) is 57.6 Å². The van der Waals surface area contributed by atoms with E-state index in [1.54, 1.807) is 0 Å². The zero-order valence-electron chi connectivity index (χ0n) is 13.0. The SMILES string of the molecule is CN(C)C1CCCN(C(=O)c2ccc(S(N)(=O)=O)cc2)CC1. The summed E-state index contributed by atoms with van der Waals surface area (Å²) in [5.41, 5.74) is 0.496. The zero-order valence-corrected chi connectivity index (χ0v) is 13.8. The minimum atomic E-state index is -3.72. The molecule has 1 unspecified atom stereocenters. The highest BCUT2D eigenvalue weighted by Gasteiger charge is 2.22. The van der Waals surface area contributed by atoms with Gasteiger partial charge in [0.15, 0.2) is 0 Å². The number of nitrogens with zero attached hydrogens (tertiary/aromatic N) is 2. The molecule has 22 heavy (non-hydrogen) atoms. The van der Waals surface area contributed by atoms with Crippen LogP contribution in [0.1, 0.15) is 29.6 Å². The lowest BCUT2D eigenvalue weighted by atomic mass is 10.1. The number of primary sulfonamides is 1. The van der Waals surface area contributed by atoms with Gasteiger partial charge >= 0.3 is 0 Å². The van der Waals surface area contributed by atoms with Gasteiger partial charge in [0.2, 0.25) is 10.0 Å². The molecule has 6 nitrogen and oxygen atoms in total. The lowest BCUT2D eigenvalue weighted by Crippen LogP contribution is -2.33. The highest BCUT2D eigenvalue weighted by atomic mass is 32.2. The van der Waals surface area contributed by atoms with E-state index in [4.69, 9.17) is 5.14 Å². The van der Waals surface area contributed by atoms with Crippen LogP contribution in [-0.4, -0.2) is 57.4 Å². The van der Waals surface area contributed by atoms with E-state index in [9.17, 15) is 13.2 Å². The van der Waals surface area contributed by atoms with E-state index >= 15 is 0 Å². The Morgan fingerprint density at radius 3 is 2.36 bits per heavy atom. The molecule has 7 heteroatoms. The molecule has 1 amide bonds. The summed E-state index contributed by atoms with van der Waals surface area (Å²) in [6.45, 7) is 1.46. The van der Waals surface area contributed by atoms with Crippen molar-refractivity contribution in [2.75, 3.05) is 27.2 Å². The van der Waals surface area contributed by atoms with Crippen LogP contribution in [-0.2, 0) is 10.0 Å². The van der Waals surface area contributed by atoms with Gasteiger partial charge in [-0.1, -0.05) is 0 Å². The Balaban J connectivity index is 2.08. The number of carbonyl (C=O) groups excluding carboxylic acids is 1. The molecule has 0 aliphatic carbocycles. The minimum absolute atomic E-state index is 0.0209. The second-order valence-corrected chi connectivity index (χ2v) is 7.47. The fourth-order valence-corrected chi connectivity index (χ4v) is 3.28. The standard InChI is InChI=1S/C15H23N3O3S/c1-17(2)13-4-3-10-18(11-9-13)15(19)12-5-7-14(8-6-12)22(16,20)21/h5-8,13H,3-4,9-11H2,1-2H3,(H2,16,20,21). The fourth-order valence-electron chi connectivity index (χ4n) is 2.77. The number of nitrogens with two attached hydrogens (primary N) is 1. The van der Waals surface area contributed by atoms with Crippen molar-refractivity contribution in [3.63, 3.8) is 0 Å². The summed E-state index contributed by atoms with van der Waals surface area (Å²) in [6.07, 6.45) is 3.01. The van der Waals surface area contributed by atoms with Crippen molar-refractivity contribution in [1.29, 1.82) is 0 Å². The molecule has 122 valence electrons. The van der Waals surface area contributed by atoms with Gasteiger partial charge in [-0.25, -0.2) is 13.6 Å². The number of amides is 1.